The van der Waals surface area contributed by atoms with Gasteiger partial charge in [-0.2, -0.15) is 0 Å². The molecule has 0 bridgehead atoms. The van der Waals surface area contributed by atoms with Crippen LogP contribution in [0.4, 0.5) is 0 Å². The number of carboxylic acids is 3. The van der Waals surface area contributed by atoms with E-state index in [4.69, 9.17) is 19.4 Å². The molecule has 0 aliphatic rings. The van der Waals surface area contributed by atoms with Crippen molar-refractivity contribution in [2.75, 3.05) is 0 Å². The summed E-state index contributed by atoms with van der Waals surface area (Å²) >= 11 is 0. The van der Waals surface area contributed by atoms with Crippen LogP contribution in [0.25, 0.3) is 0 Å². The Balaban J connectivity index is -0.000000427. The van der Waals surface area contributed by atoms with E-state index < -0.39 is 42.7 Å². The van der Waals surface area contributed by atoms with E-state index in [1.165, 1.54) is 0 Å². The van der Waals surface area contributed by atoms with Gasteiger partial charge in [0.25, 0.3) is 0 Å². The van der Waals surface area contributed by atoms with Gasteiger partial charge in [0.05, 0.1) is 12.3 Å². The van der Waals surface area contributed by atoms with Crippen molar-refractivity contribution in [3.8, 4) is 0 Å². The summed E-state index contributed by atoms with van der Waals surface area (Å²) in [6, 6.07) is 0. The minimum absolute atomic E-state index is 0. The van der Waals surface area contributed by atoms with Gasteiger partial charge in [0, 0.05) is 92.8 Å². The van der Waals surface area contributed by atoms with Crippen molar-refractivity contribution in [2.45, 2.75) is 18.9 Å². The molecule has 2 unspecified atom stereocenters. The average molecular weight is 278 g/mol. The summed E-state index contributed by atoms with van der Waals surface area (Å²) in [5, 5.41) is 35.2. The minimum atomic E-state index is -3.40. The van der Waals surface area contributed by atoms with Crippen LogP contribution in [0.15, 0.2) is 0 Å². The molecule has 0 spiro atoms. The van der Waals surface area contributed by atoms with Gasteiger partial charge in [-0.05, 0) is 6.85 Å². The Morgan fingerprint density at radius 2 is 1.59 bits per heavy atom. The van der Waals surface area contributed by atoms with Gasteiger partial charge in [-0.25, -0.2) is 4.79 Å². The van der Waals surface area contributed by atoms with E-state index in [2.05, 4.69) is 0 Å². The van der Waals surface area contributed by atoms with Crippen molar-refractivity contribution in [1.82, 2.24) is 0 Å². The van der Waals surface area contributed by atoms with Crippen LogP contribution in [0.5, 0.6) is 0 Å². The van der Waals surface area contributed by atoms with Crippen molar-refractivity contribution in [3.05, 3.63) is 0 Å². The molecule has 0 aromatic carbocycles. The van der Waals surface area contributed by atoms with Gasteiger partial charge in [-0.1, -0.05) is 0 Å². The molecule has 0 rings (SSSR count). The summed E-state index contributed by atoms with van der Waals surface area (Å²) in [4.78, 5) is 31.8. The first-order chi connectivity index (χ1) is 7.43. The molecule has 0 saturated heterocycles. The number of hydrogen-bond donors (Lipinski definition) is 4. The number of aliphatic carboxylic acids is 3. The van der Waals surface area contributed by atoms with Gasteiger partial charge in [-0.15, -0.1) is 0 Å². The Labute approximate surface area is 168 Å². The zero-order chi connectivity index (χ0) is 14.0. The molecule has 0 aliphatic carbocycles. The van der Waals surface area contributed by atoms with E-state index in [9.17, 15) is 19.5 Å². The molecule has 0 saturated carbocycles. The molecule has 17 heavy (non-hydrogen) atoms. The van der Waals surface area contributed by atoms with E-state index >= 15 is 0 Å². The zero-order valence-electron chi connectivity index (χ0n) is 12.8. The van der Waals surface area contributed by atoms with Gasteiger partial charge in [0.15, 0.2) is 5.60 Å². The molecule has 3 radical (unpaired) electrons. The maximum Gasteiger partial charge on any atom is 0.337 e. The van der Waals surface area contributed by atoms with Gasteiger partial charge >= 0.3 is 17.9 Å². The second-order valence-electron chi connectivity index (χ2n) is 2.57. The molecule has 4 N–H and O–H groups in total. The van der Waals surface area contributed by atoms with Crippen LogP contribution in [0.1, 0.15) is 17.4 Å². The number of carbonyl (C=O) groups is 3. The summed E-state index contributed by atoms with van der Waals surface area (Å²) < 4.78 is 20.5. The summed E-state index contributed by atoms with van der Waals surface area (Å²) in [6.45, 7) is -3.35. The monoisotopic (exact) mass is 278 g/mol. The standard InChI is InChI=1S/C7H10O7.3Na/c1-3(5(10)11)7(14,6(12)13)2-4(8)9;;;/h3,14H,2H2,1H3,(H,8,9)(H,10,11)(H,12,13);;;/i1D3;;;. The zero-order valence-corrected chi connectivity index (χ0v) is 15.8. The fourth-order valence-corrected chi connectivity index (χ4v) is 0.736. The van der Waals surface area contributed by atoms with Crippen molar-refractivity contribution in [3.63, 3.8) is 0 Å². The topological polar surface area (TPSA) is 132 Å². The van der Waals surface area contributed by atoms with E-state index in [0.717, 1.165) is 0 Å². The van der Waals surface area contributed by atoms with Crippen molar-refractivity contribution in [2.24, 2.45) is 5.92 Å². The van der Waals surface area contributed by atoms with Gasteiger partial charge in [-0.3, -0.25) is 9.59 Å². The van der Waals surface area contributed by atoms with Crippen molar-refractivity contribution in [1.29, 1.82) is 0 Å². The minimum Gasteiger partial charge on any atom is -0.481 e. The molecular weight excluding hydrogens is 265 g/mol. The number of carboxylic acid groups (broad SMARTS) is 3. The van der Waals surface area contributed by atoms with E-state index in [-0.39, 0.29) is 88.7 Å². The third-order valence-electron chi connectivity index (χ3n) is 1.52. The van der Waals surface area contributed by atoms with Crippen molar-refractivity contribution >= 4 is 107 Å². The second-order valence-corrected chi connectivity index (χ2v) is 2.57. The van der Waals surface area contributed by atoms with E-state index in [1.54, 1.807) is 0 Å². The molecule has 0 amide bonds. The summed E-state index contributed by atoms with van der Waals surface area (Å²) in [6.07, 6.45) is -1.53. The molecule has 10 heteroatoms. The first-order valence-corrected chi connectivity index (χ1v) is 3.33. The second kappa shape index (κ2) is 11.2. The predicted octanol–water partition coefficient (Wildman–Crippen LogP) is -2.14. The fourth-order valence-electron chi connectivity index (χ4n) is 0.736. The quantitative estimate of drug-likeness (QED) is 0.422. The Morgan fingerprint density at radius 1 is 1.18 bits per heavy atom. The Bertz CT molecular complexity index is 362. The Morgan fingerprint density at radius 3 is 1.76 bits per heavy atom. The van der Waals surface area contributed by atoms with Crippen LogP contribution in [-0.4, -0.2) is 133 Å². The number of aliphatic hydroxyl groups is 1. The van der Waals surface area contributed by atoms with Crippen LogP contribution < -0.4 is 0 Å². The summed E-state index contributed by atoms with van der Waals surface area (Å²) in [5.41, 5.74) is -3.40. The van der Waals surface area contributed by atoms with E-state index in [0.29, 0.717) is 0 Å². The largest absolute Gasteiger partial charge is 0.481 e. The third-order valence-corrected chi connectivity index (χ3v) is 1.52. The van der Waals surface area contributed by atoms with Crippen LogP contribution in [0.2, 0.25) is 0 Å². The number of hydrogen-bond acceptors (Lipinski definition) is 4. The molecular formula is C7H10Na3O7. The maximum atomic E-state index is 10.7. The SMILES string of the molecule is [2H]C([2H])([2H])C(C(=O)O)C(O)(CC(=O)O)C(=O)O.[Na].[Na].[Na]. The van der Waals surface area contributed by atoms with Crippen LogP contribution in [-0.2, 0) is 14.4 Å². The summed E-state index contributed by atoms with van der Waals surface area (Å²) in [7, 11) is 0. The van der Waals surface area contributed by atoms with Gasteiger partial charge in [0.2, 0.25) is 0 Å². The molecule has 0 heterocycles. The molecule has 7 nitrogen and oxygen atoms in total. The third kappa shape index (κ3) is 8.20. The maximum absolute atomic E-state index is 10.7. The first kappa shape index (κ1) is 18.4. The molecule has 0 aliphatic heterocycles. The molecule has 83 valence electrons. The van der Waals surface area contributed by atoms with Gasteiger partial charge in [0.1, 0.15) is 0 Å². The Hall–Kier alpha value is 1.37. The average Bonchev–Trinajstić information content (AvgIpc) is 1.96. The molecule has 2 atom stereocenters. The number of rotatable bonds is 5. The first-order valence-electron chi connectivity index (χ1n) is 4.83. The smallest absolute Gasteiger partial charge is 0.337 e. The molecule has 0 aromatic heterocycles. The van der Waals surface area contributed by atoms with Crippen LogP contribution in [0, 0.1) is 5.92 Å². The van der Waals surface area contributed by atoms with Crippen LogP contribution in [0.3, 0.4) is 0 Å². The summed E-state index contributed by atoms with van der Waals surface area (Å²) in [5.74, 6) is -8.89. The van der Waals surface area contributed by atoms with Gasteiger partial charge < -0.3 is 20.4 Å². The predicted molar refractivity (Wildman–Crippen MR) is 58.9 cm³/mol. The normalized spacial score (nSPS) is 17.1. The van der Waals surface area contributed by atoms with Crippen LogP contribution >= 0.6 is 0 Å². The van der Waals surface area contributed by atoms with E-state index in [1.807, 2.05) is 0 Å². The Kier molecular flexibility index (Phi) is 12.1. The van der Waals surface area contributed by atoms with Crippen molar-refractivity contribution < 1.29 is 38.9 Å². The molecule has 0 fully saturated rings. The molecule has 0 aromatic rings. The fraction of sp³-hybridized carbons (Fsp3) is 0.571.